The summed E-state index contributed by atoms with van der Waals surface area (Å²) < 4.78 is 80.1. The van der Waals surface area contributed by atoms with E-state index in [-0.39, 0.29) is 36.1 Å². The molecule has 1 fully saturated rings. The third kappa shape index (κ3) is 5.31. The van der Waals surface area contributed by atoms with Gasteiger partial charge in [-0.15, -0.1) is 0 Å². The molecule has 0 radical (unpaired) electrons. The zero-order chi connectivity index (χ0) is 31.2. The molecule has 228 valence electrons. The quantitative estimate of drug-likeness (QED) is 0.253. The summed E-state index contributed by atoms with van der Waals surface area (Å²) in [4.78, 5) is 14.6. The molecule has 3 atom stereocenters. The average molecular weight is 605 g/mol. The zero-order valence-corrected chi connectivity index (χ0v) is 23.5. The molecular formula is C28H29F5N8O2. The van der Waals surface area contributed by atoms with Crippen LogP contribution in [-0.4, -0.2) is 58.4 Å². The maximum atomic E-state index is 16.5. The molecule has 10 nitrogen and oxygen atoms in total. The maximum Gasteiger partial charge on any atom is 0.417 e. The largest absolute Gasteiger partial charge is 0.474 e. The van der Waals surface area contributed by atoms with E-state index in [0.717, 1.165) is 12.6 Å². The van der Waals surface area contributed by atoms with E-state index in [0.29, 0.717) is 19.0 Å². The van der Waals surface area contributed by atoms with Crippen LogP contribution in [0.15, 0.2) is 17.8 Å². The molecule has 43 heavy (non-hydrogen) atoms. The Morgan fingerprint density at radius 3 is 2.63 bits per heavy atom. The van der Waals surface area contributed by atoms with E-state index in [1.54, 1.807) is 6.92 Å². The van der Waals surface area contributed by atoms with Crippen LogP contribution in [0.5, 0.6) is 5.88 Å². The van der Waals surface area contributed by atoms with Gasteiger partial charge in [-0.1, -0.05) is 6.08 Å². The van der Waals surface area contributed by atoms with Gasteiger partial charge in [0.05, 0.1) is 48.5 Å². The van der Waals surface area contributed by atoms with Crippen molar-refractivity contribution in [3.8, 4) is 23.2 Å². The number of aliphatic hydroxyl groups excluding tert-OH is 1. The number of nitrogens with two attached hydrogens (primary N) is 1. The van der Waals surface area contributed by atoms with Crippen LogP contribution in [0.1, 0.15) is 31.4 Å². The molecule has 0 amide bonds. The van der Waals surface area contributed by atoms with Gasteiger partial charge in [0.2, 0.25) is 11.8 Å². The Labute approximate surface area is 243 Å². The number of nitrogens with one attached hydrogen (secondary N) is 2. The number of ether oxygens (including phenoxy) is 1. The monoisotopic (exact) mass is 604 g/mol. The summed E-state index contributed by atoms with van der Waals surface area (Å²) in [5, 5.41) is 25.6. The molecule has 4 heterocycles. The van der Waals surface area contributed by atoms with Crippen molar-refractivity contribution >= 4 is 28.4 Å². The first-order valence-electron chi connectivity index (χ1n) is 13.5. The van der Waals surface area contributed by atoms with Crippen LogP contribution in [0.25, 0.3) is 22.2 Å². The van der Waals surface area contributed by atoms with Crippen molar-refractivity contribution < 1.29 is 31.8 Å². The average Bonchev–Trinajstić information content (AvgIpc) is 2.96. The minimum atomic E-state index is -5.08. The summed E-state index contributed by atoms with van der Waals surface area (Å²) >= 11 is 0. The van der Waals surface area contributed by atoms with Crippen molar-refractivity contribution in [3.05, 3.63) is 40.6 Å². The second-order valence-corrected chi connectivity index (χ2v) is 10.4. The lowest BCUT2D eigenvalue weighted by Crippen LogP contribution is -2.58. The highest BCUT2D eigenvalue weighted by Crippen LogP contribution is 2.45. The molecule has 1 unspecified atom stereocenters. The van der Waals surface area contributed by atoms with E-state index >= 15 is 4.39 Å². The molecule has 15 heteroatoms. The fraction of sp³-hybridized carbons (Fsp3) is 0.429. The highest BCUT2D eigenvalue weighted by Gasteiger charge is 2.42. The van der Waals surface area contributed by atoms with Crippen molar-refractivity contribution in [2.24, 2.45) is 5.92 Å². The summed E-state index contributed by atoms with van der Waals surface area (Å²) in [6, 6.07) is 2.10. The van der Waals surface area contributed by atoms with Gasteiger partial charge in [0.15, 0.2) is 5.82 Å². The Balaban J connectivity index is 1.84. The Bertz CT molecular complexity index is 1660. The number of alkyl halides is 3. The highest BCUT2D eigenvalue weighted by atomic mass is 19.4. The number of nitriles is 1. The summed E-state index contributed by atoms with van der Waals surface area (Å²) in [7, 11) is 0. The van der Waals surface area contributed by atoms with Gasteiger partial charge in [0.1, 0.15) is 28.2 Å². The first-order valence-corrected chi connectivity index (χ1v) is 13.5. The van der Waals surface area contributed by atoms with Crippen molar-refractivity contribution in [2.45, 2.75) is 45.5 Å². The van der Waals surface area contributed by atoms with Gasteiger partial charge in [0, 0.05) is 30.8 Å². The van der Waals surface area contributed by atoms with Gasteiger partial charge in [-0.25, -0.2) is 18.7 Å². The van der Waals surface area contributed by atoms with E-state index < -0.39 is 76.1 Å². The minimum absolute atomic E-state index is 0.0209. The number of nitrogen functional groups attached to an aromatic ring is 1. The number of nitrogens with zero attached hydrogens (tertiary/aromatic N) is 5. The van der Waals surface area contributed by atoms with Gasteiger partial charge in [0.25, 0.3) is 0 Å². The second-order valence-electron chi connectivity index (χ2n) is 10.4. The molecule has 3 aromatic rings. The third-order valence-corrected chi connectivity index (χ3v) is 7.68. The molecule has 0 bridgehead atoms. The van der Waals surface area contributed by atoms with E-state index in [1.165, 1.54) is 4.90 Å². The number of rotatable bonds is 3. The van der Waals surface area contributed by atoms with E-state index in [9.17, 15) is 27.9 Å². The van der Waals surface area contributed by atoms with Gasteiger partial charge in [-0.05, 0) is 32.4 Å². The number of halogens is 5. The van der Waals surface area contributed by atoms with Gasteiger partial charge >= 0.3 is 6.18 Å². The lowest BCUT2D eigenvalue weighted by atomic mass is 9.91. The molecule has 1 saturated heterocycles. The lowest BCUT2D eigenvalue weighted by Gasteiger charge is -2.43. The number of aromatic nitrogens is 3. The van der Waals surface area contributed by atoms with E-state index in [2.05, 4.69) is 31.7 Å². The molecule has 2 aliphatic rings. The predicted molar refractivity (Wildman–Crippen MR) is 149 cm³/mol. The summed E-state index contributed by atoms with van der Waals surface area (Å²) in [6.45, 7) is 4.89. The number of benzene rings is 1. The van der Waals surface area contributed by atoms with Gasteiger partial charge in [-0.2, -0.15) is 23.4 Å². The first-order chi connectivity index (χ1) is 20.4. The summed E-state index contributed by atoms with van der Waals surface area (Å²) in [6.07, 6.45) is -3.31. The Morgan fingerprint density at radius 1 is 1.23 bits per heavy atom. The molecule has 2 aromatic heterocycles. The fourth-order valence-corrected chi connectivity index (χ4v) is 5.28. The SMILES string of the molecule is C/C=C1/CNc2nc(N3CC(C#N)[C@H]3CO)nc3c(F)c(-c4cc(N)c(F)c(C)c4C(F)(F)F)nc(c23)O[C@@H](C)CCN1. The van der Waals surface area contributed by atoms with Gasteiger partial charge < -0.3 is 31.1 Å². The number of hydrogen-bond acceptors (Lipinski definition) is 10. The fourth-order valence-electron chi connectivity index (χ4n) is 5.28. The molecular weight excluding hydrogens is 575 g/mol. The second kappa shape index (κ2) is 11.3. The molecule has 0 aliphatic carbocycles. The minimum Gasteiger partial charge on any atom is -0.474 e. The normalized spacial score (nSPS) is 21.7. The summed E-state index contributed by atoms with van der Waals surface area (Å²) in [5.41, 5.74) is 1.66. The number of hydrogen-bond donors (Lipinski definition) is 4. The predicted octanol–water partition coefficient (Wildman–Crippen LogP) is 4.28. The van der Waals surface area contributed by atoms with Crippen molar-refractivity contribution in [3.63, 3.8) is 0 Å². The van der Waals surface area contributed by atoms with Crippen LogP contribution in [0.3, 0.4) is 0 Å². The van der Waals surface area contributed by atoms with E-state index in [4.69, 9.17) is 10.5 Å². The molecule has 2 aliphatic heterocycles. The highest BCUT2D eigenvalue weighted by molar-refractivity contribution is 5.97. The van der Waals surface area contributed by atoms with Crippen molar-refractivity contribution in [2.75, 3.05) is 42.2 Å². The molecule has 1 aromatic carbocycles. The first kappa shape index (κ1) is 30.0. The van der Waals surface area contributed by atoms with Gasteiger partial charge in [-0.3, -0.25) is 0 Å². The molecule has 5 N–H and O–H groups in total. The van der Waals surface area contributed by atoms with Crippen molar-refractivity contribution in [1.82, 2.24) is 20.3 Å². The van der Waals surface area contributed by atoms with Crippen molar-refractivity contribution in [1.29, 1.82) is 5.26 Å². The van der Waals surface area contributed by atoms with Crippen LogP contribution in [0.4, 0.5) is 39.4 Å². The third-order valence-electron chi connectivity index (χ3n) is 7.68. The zero-order valence-electron chi connectivity index (χ0n) is 23.5. The Hall–Kier alpha value is -4.45. The van der Waals surface area contributed by atoms with Crippen LogP contribution in [0.2, 0.25) is 0 Å². The number of aliphatic hydroxyl groups is 1. The topological polar surface area (TPSA) is 145 Å². The summed E-state index contributed by atoms with van der Waals surface area (Å²) in [5.74, 6) is -3.27. The van der Waals surface area contributed by atoms with Crippen LogP contribution in [0, 0.1) is 35.8 Å². The Morgan fingerprint density at radius 2 is 1.98 bits per heavy atom. The smallest absolute Gasteiger partial charge is 0.417 e. The maximum absolute atomic E-state index is 16.5. The molecule has 0 spiro atoms. The number of pyridine rings is 1. The number of allylic oxidation sites excluding steroid dienone is 1. The Kier molecular flexibility index (Phi) is 7.91. The van der Waals surface area contributed by atoms with Crippen LogP contribution < -0.4 is 26.0 Å². The number of anilines is 3. The standard InChI is InChI=1S/C28H29F5N8O2/c1-4-15-9-37-25-19-24(39-27(40-25)41-10-14(8-34)18(41)11-42)22(30)23(38-26(19)43-12(2)5-6-36-15)16-7-17(35)21(29)13(3)20(16)28(31,32)33/h4,7,12,14,18,36,42H,5-6,9-11,35H2,1-3H3,(H,37,39,40)/b15-4-/t12-,14?,18+/m0/s1. The van der Waals surface area contributed by atoms with Crippen LogP contribution >= 0.6 is 0 Å². The van der Waals surface area contributed by atoms with Crippen LogP contribution in [-0.2, 0) is 6.18 Å². The molecule has 5 rings (SSSR count). The van der Waals surface area contributed by atoms with E-state index in [1.807, 2.05) is 13.0 Å². The molecule has 0 saturated carbocycles. The lowest BCUT2D eigenvalue weighted by molar-refractivity contribution is -0.137.